The predicted molar refractivity (Wildman–Crippen MR) is 102 cm³/mol. The largest absolute Gasteiger partial charge is 0.419 e. The molecule has 26 heavy (non-hydrogen) atoms. The van der Waals surface area contributed by atoms with E-state index in [2.05, 4.69) is 35.0 Å². The molecule has 3 heterocycles. The lowest BCUT2D eigenvalue weighted by molar-refractivity contribution is 0.203. The summed E-state index contributed by atoms with van der Waals surface area (Å²) in [5, 5.41) is 7.66. The molecule has 0 saturated carbocycles. The summed E-state index contributed by atoms with van der Waals surface area (Å²) >= 11 is 0. The zero-order valence-corrected chi connectivity index (χ0v) is 15.4. The standard InChI is InChI=1S/C20H26N4O2/c1-14(2)16-13-17(22-21-16)15-7-9-23(10-8-15)11-12-24-18-5-3-4-6-19(18)26-20(24)25/h3-6,13-15H,7-12H2,1-2H3,(H,21,22). The van der Waals surface area contributed by atoms with Gasteiger partial charge in [-0.1, -0.05) is 26.0 Å². The molecule has 0 aliphatic carbocycles. The van der Waals surface area contributed by atoms with Gasteiger partial charge in [0, 0.05) is 24.7 Å². The van der Waals surface area contributed by atoms with Gasteiger partial charge in [0.1, 0.15) is 0 Å². The van der Waals surface area contributed by atoms with Gasteiger partial charge in [0.05, 0.1) is 11.2 Å². The molecule has 4 rings (SSSR count). The van der Waals surface area contributed by atoms with Crippen LogP contribution in [0.15, 0.2) is 39.5 Å². The van der Waals surface area contributed by atoms with Gasteiger partial charge in [-0.25, -0.2) is 4.79 Å². The van der Waals surface area contributed by atoms with Gasteiger partial charge >= 0.3 is 5.76 Å². The molecule has 0 spiro atoms. The van der Waals surface area contributed by atoms with Crippen LogP contribution in [0.25, 0.3) is 11.1 Å². The molecule has 1 aromatic carbocycles. The first-order valence-corrected chi connectivity index (χ1v) is 9.47. The predicted octanol–water partition coefficient (Wildman–Crippen LogP) is 3.32. The van der Waals surface area contributed by atoms with Gasteiger partial charge in [0.15, 0.2) is 5.58 Å². The van der Waals surface area contributed by atoms with Crippen molar-refractivity contribution in [1.29, 1.82) is 0 Å². The molecule has 138 valence electrons. The van der Waals surface area contributed by atoms with Crippen molar-refractivity contribution in [3.63, 3.8) is 0 Å². The fourth-order valence-corrected chi connectivity index (χ4v) is 3.79. The summed E-state index contributed by atoms with van der Waals surface area (Å²) in [4.78, 5) is 14.5. The minimum Gasteiger partial charge on any atom is -0.408 e. The molecule has 0 amide bonds. The molecule has 6 nitrogen and oxygen atoms in total. The Balaban J connectivity index is 1.35. The van der Waals surface area contributed by atoms with Crippen molar-refractivity contribution in [3.05, 3.63) is 52.3 Å². The number of nitrogens with zero attached hydrogens (tertiary/aromatic N) is 3. The maximum absolute atomic E-state index is 12.1. The number of hydrogen-bond acceptors (Lipinski definition) is 4. The van der Waals surface area contributed by atoms with Crippen LogP contribution in [0.2, 0.25) is 0 Å². The lowest BCUT2D eigenvalue weighted by atomic mass is 9.93. The van der Waals surface area contributed by atoms with E-state index in [1.165, 1.54) is 5.69 Å². The number of hydrogen-bond donors (Lipinski definition) is 1. The van der Waals surface area contributed by atoms with Crippen molar-refractivity contribution in [2.24, 2.45) is 0 Å². The van der Waals surface area contributed by atoms with Crippen LogP contribution in [-0.2, 0) is 6.54 Å². The highest BCUT2D eigenvalue weighted by atomic mass is 16.4. The maximum Gasteiger partial charge on any atom is 0.419 e. The number of para-hydroxylation sites is 2. The number of piperidine rings is 1. The number of fused-ring (bicyclic) bond motifs is 1. The minimum atomic E-state index is -0.264. The van der Waals surface area contributed by atoms with Crippen LogP contribution in [0.5, 0.6) is 0 Å². The first-order chi connectivity index (χ1) is 12.6. The molecular formula is C20H26N4O2. The molecular weight excluding hydrogens is 328 g/mol. The smallest absolute Gasteiger partial charge is 0.408 e. The first-order valence-electron chi connectivity index (χ1n) is 9.47. The summed E-state index contributed by atoms with van der Waals surface area (Å²) in [6.07, 6.45) is 2.25. The molecule has 1 aliphatic heterocycles. The van der Waals surface area contributed by atoms with Crippen molar-refractivity contribution in [2.75, 3.05) is 19.6 Å². The molecule has 2 aromatic heterocycles. The zero-order chi connectivity index (χ0) is 18.1. The Hall–Kier alpha value is -2.34. The number of oxazole rings is 1. The minimum absolute atomic E-state index is 0.264. The van der Waals surface area contributed by atoms with Gasteiger partial charge in [-0.3, -0.25) is 9.67 Å². The third-order valence-electron chi connectivity index (χ3n) is 5.45. The van der Waals surface area contributed by atoms with Crippen molar-refractivity contribution >= 4 is 11.1 Å². The molecule has 0 radical (unpaired) electrons. The Labute approximate surface area is 152 Å². The van der Waals surface area contributed by atoms with Crippen molar-refractivity contribution in [3.8, 4) is 0 Å². The molecule has 0 atom stereocenters. The number of rotatable bonds is 5. The third kappa shape index (κ3) is 3.33. The SMILES string of the molecule is CC(C)c1cc(C2CCN(CCn3c(=O)oc4ccccc43)CC2)[nH]n1. The molecule has 3 aromatic rings. The van der Waals surface area contributed by atoms with E-state index in [-0.39, 0.29) is 5.76 Å². The Kier molecular flexibility index (Phi) is 4.68. The fraction of sp³-hybridized carbons (Fsp3) is 0.500. The van der Waals surface area contributed by atoms with Gasteiger partial charge < -0.3 is 9.32 Å². The Morgan fingerprint density at radius 2 is 2.00 bits per heavy atom. The van der Waals surface area contributed by atoms with Gasteiger partial charge in [0.2, 0.25) is 0 Å². The summed E-state index contributed by atoms with van der Waals surface area (Å²) in [5.74, 6) is 0.756. The molecule has 1 N–H and O–H groups in total. The van der Waals surface area contributed by atoms with Crippen LogP contribution < -0.4 is 5.76 Å². The van der Waals surface area contributed by atoms with Crippen molar-refractivity contribution in [1.82, 2.24) is 19.7 Å². The van der Waals surface area contributed by atoms with E-state index < -0.39 is 0 Å². The van der Waals surface area contributed by atoms with Gasteiger partial charge in [-0.05, 0) is 50.0 Å². The summed E-state index contributed by atoms with van der Waals surface area (Å²) in [6.45, 7) is 7.98. The van der Waals surface area contributed by atoms with Gasteiger partial charge in [-0.2, -0.15) is 5.10 Å². The van der Waals surface area contributed by atoms with E-state index in [4.69, 9.17) is 4.42 Å². The lowest BCUT2D eigenvalue weighted by Gasteiger charge is -2.31. The van der Waals surface area contributed by atoms with Crippen LogP contribution in [0.3, 0.4) is 0 Å². The van der Waals surface area contributed by atoms with Crippen LogP contribution in [0.4, 0.5) is 0 Å². The molecule has 1 saturated heterocycles. The lowest BCUT2D eigenvalue weighted by Crippen LogP contribution is -2.36. The number of benzene rings is 1. The molecule has 1 aliphatic rings. The Morgan fingerprint density at radius 3 is 2.73 bits per heavy atom. The van der Waals surface area contributed by atoms with E-state index in [1.54, 1.807) is 4.57 Å². The second-order valence-electron chi connectivity index (χ2n) is 7.51. The average Bonchev–Trinajstić information content (AvgIpc) is 3.25. The van der Waals surface area contributed by atoms with E-state index in [0.29, 0.717) is 24.0 Å². The Morgan fingerprint density at radius 1 is 1.23 bits per heavy atom. The van der Waals surface area contributed by atoms with Crippen LogP contribution in [-0.4, -0.2) is 39.3 Å². The van der Waals surface area contributed by atoms with E-state index >= 15 is 0 Å². The Bertz CT molecular complexity index is 929. The highest BCUT2D eigenvalue weighted by molar-refractivity contribution is 5.72. The van der Waals surface area contributed by atoms with Crippen LogP contribution in [0.1, 0.15) is 49.9 Å². The number of nitrogens with one attached hydrogen (secondary N) is 1. The second-order valence-corrected chi connectivity index (χ2v) is 7.51. The average molecular weight is 354 g/mol. The number of H-pyrrole nitrogens is 1. The molecule has 0 unspecified atom stereocenters. The van der Waals surface area contributed by atoms with Crippen LogP contribution in [0, 0.1) is 0 Å². The quantitative estimate of drug-likeness (QED) is 0.763. The summed E-state index contributed by atoms with van der Waals surface area (Å²) in [6, 6.07) is 9.84. The summed E-state index contributed by atoms with van der Waals surface area (Å²) in [5.41, 5.74) is 3.96. The van der Waals surface area contributed by atoms with E-state index in [1.807, 2.05) is 24.3 Å². The van der Waals surface area contributed by atoms with E-state index in [9.17, 15) is 4.79 Å². The highest BCUT2D eigenvalue weighted by Crippen LogP contribution is 2.28. The number of likely N-dealkylation sites (tertiary alicyclic amines) is 1. The van der Waals surface area contributed by atoms with Crippen molar-refractivity contribution < 1.29 is 4.42 Å². The molecule has 0 bridgehead atoms. The number of aromatic amines is 1. The van der Waals surface area contributed by atoms with Gasteiger partial charge in [-0.15, -0.1) is 0 Å². The fourth-order valence-electron chi connectivity index (χ4n) is 3.79. The zero-order valence-electron chi connectivity index (χ0n) is 15.4. The number of aromatic nitrogens is 3. The topological polar surface area (TPSA) is 67.1 Å². The van der Waals surface area contributed by atoms with Crippen LogP contribution >= 0.6 is 0 Å². The normalized spacial score (nSPS) is 16.7. The second kappa shape index (κ2) is 7.11. The third-order valence-corrected chi connectivity index (χ3v) is 5.45. The van der Waals surface area contributed by atoms with Gasteiger partial charge in [0.25, 0.3) is 0 Å². The van der Waals surface area contributed by atoms with E-state index in [0.717, 1.165) is 43.7 Å². The monoisotopic (exact) mass is 354 g/mol. The summed E-state index contributed by atoms with van der Waals surface area (Å²) in [7, 11) is 0. The van der Waals surface area contributed by atoms with Crippen molar-refractivity contribution in [2.45, 2.75) is 45.1 Å². The first kappa shape index (κ1) is 17.1. The maximum atomic E-state index is 12.1. The molecule has 1 fully saturated rings. The summed E-state index contributed by atoms with van der Waals surface area (Å²) < 4.78 is 7.05. The highest BCUT2D eigenvalue weighted by Gasteiger charge is 2.22. The molecule has 6 heteroatoms.